The Kier molecular flexibility index (Phi) is 1.67. The number of aromatic amines is 1. The third-order valence-corrected chi connectivity index (χ3v) is 2.32. The molecular weight excluding hydrogens is 218 g/mol. The van der Waals surface area contributed by atoms with Gasteiger partial charge in [0.15, 0.2) is 0 Å². The Balaban J connectivity index is 2.75. The molecule has 2 heterocycles. The Hall–Kier alpha value is -1.28. The largest absolute Gasteiger partial charge is 0.296 e. The molecule has 0 radical (unpaired) electrons. The van der Waals surface area contributed by atoms with Crippen molar-refractivity contribution < 1.29 is 8.42 Å². The monoisotopic (exact) mass is 219 g/mol. The van der Waals surface area contributed by atoms with E-state index in [4.69, 9.17) is 10.7 Å². The smallest absolute Gasteiger partial charge is 0.223 e. The molecule has 0 saturated carbocycles. The molecule has 7 nitrogen and oxygen atoms in total. The van der Waals surface area contributed by atoms with E-state index >= 15 is 0 Å². The molecule has 0 aliphatic rings. The molecule has 9 heteroatoms. The zero-order valence-corrected chi connectivity index (χ0v) is 7.54. The van der Waals surface area contributed by atoms with E-state index < -0.39 is 14.2 Å². The van der Waals surface area contributed by atoms with E-state index in [1.54, 1.807) is 0 Å². The van der Waals surface area contributed by atoms with Crippen molar-refractivity contribution in [3.05, 3.63) is 6.20 Å². The van der Waals surface area contributed by atoms with E-state index in [0.717, 1.165) is 0 Å². The lowest BCUT2D eigenvalue weighted by Crippen LogP contribution is -1.98. The standard InChI is InChI=1S/C4H2ClN5O2S/c5-13(11,12)4-6-1-2-3(7-4)9-10-8-2/h1H,(H,6,7,8,9,10). The maximum atomic E-state index is 10.8. The predicted molar refractivity (Wildman–Crippen MR) is 42.5 cm³/mol. The number of halogens is 1. The van der Waals surface area contributed by atoms with Gasteiger partial charge < -0.3 is 0 Å². The van der Waals surface area contributed by atoms with Crippen molar-refractivity contribution in [3.8, 4) is 0 Å². The second-order valence-electron chi connectivity index (χ2n) is 2.12. The summed E-state index contributed by atoms with van der Waals surface area (Å²) in [5.74, 6) is 0. The summed E-state index contributed by atoms with van der Waals surface area (Å²) in [5, 5.41) is 9.03. The van der Waals surface area contributed by atoms with E-state index in [-0.39, 0.29) is 5.65 Å². The number of aromatic nitrogens is 5. The topological polar surface area (TPSA) is 101 Å². The average Bonchev–Trinajstić information content (AvgIpc) is 2.47. The minimum Gasteiger partial charge on any atom is -0.223 e. The minimum absolute atomic E-state index is 0.161. The van der Waals surface area contributed by atoms with Crippen LogP contribution < -0.4 is 0 Å². The molecule has 0 fully saturated rings. The van der Waals surface area contributed by atoms with Crippen LogP contribution in [-0.4, -0.2) is 33.8 Å². The second-order valence-corrected chi connectivity index (χ2v) is 4.58. The highest BCUT2D eigenvalue weighted by atomic mass is 35.7. The molecule has 0 aliphatic heterocycles. The summed E-state index contributed by atoms with van der Waals surface area (Å²) in [4.78, 5) is 7.07. The van der Waals surface area contributed by atoms with Crippen LogP contribution in [0.4, 0.5) is 0 Å². The van der Waals surface area contributed by atoms with Crippen LogP contribution in [-0.2, 0) is 9.05 Å². The Morgan fingerprint density at radius 2 is 2.15 bits per heavy atom. The third-order valence-electron chi connectivity index (χ3n) is 1.27. The van der Waals surface area contributed by atoms with Crippen molar-refractivity contribution in [3.63, 3.8) is 0 Å². The maximum absolute atomic E-state index is 10.8. The number of H-pyrrole nitrogens is 1. The first kappa shape index (κ1) is 8.32. The van der Waals surface area contributed by atoms with Crippen molar-refractivity contribution in [1.82, 2.24) is 25.4 Å². The van der Waals surface area contributed by atoms with E-state index in [2.05, 4.69) is 25.4 Å². The van der Waals surface area contributed by atoms with Crippen LogP contribution in [0.15, 0.2) is 11.4 Å². The summed E-state index contributed by atoms with van der Waals surface area (Å²) in [7, 11) is 1.11. The van der Waals surface area contributed by atoms with Crippen LogP contribution in [0, 0.1) is 0 Å². The quantitative estimate of drug-likeness (QED) is 0.521. The van der Waals surface area contributed by atoms with Gasteiger partial charge in [0, 0.05) is 10.7 Å². The Bertz CT molecular complexity index is 548. The summed E-state index contributed by atoms with van der Waals surface area (Å²) >= 11 is 0. The minimum atomic E-state index is -3.90. The molecule has 0 aliphatic carbocycles. The van der Waals surface area contributed by atoms with Crippen LogP contribution in [0.1, 0.15) is 0 Å². The van der Waals surface area contributed by atoms with Gasteiger partial charge in [0.1, 0.15) is 5.52 Å². The Labute approximate surface area is 76.6 Å². The fourth-order valence-electron chi connectivity index (χ4n) is 0.756. The SMILES string of the molecule is O=S(=O)(Cl)c1ncc2n[nH]nc2n1. The Morgan fingerprint density at radius 3 is 2.85 bits per heavy atom. The lowest BCUT2D eigenvalue weighted by Gasteiger charge is -1.90. The lowest BCUT2D eigenvalue weighted by molar-refractivity contribution is 0.601. The summed E-state index contributed by atoms with van der Waals surface area (Å²) in [6.07, 6.45) is 1.22. The summed E-state index contributed by atoms with van der Waals surface area (Å²) in [6, 6.07) is 0. The fourth-order valence-corrected chi connectivity index (χ4v) is 1.35. The maximum Gasteiger partial charge on any atom is 0.296 e. The lowest BCUT2D eigenvalue weighted by atomic mass is 10.6. The molecule has 2 rings (SSSR count). The molecule has 0 aromatic carbocycles. The first-order valence-electron chi connectivity index (χ1n) is 3.05. The second kappa shape index (κ2) is 2.60. The molecular formula is C4H2ClN5O2S. The van der Waals surface area contributed by atoms with Gasteiger partial charge in [-0.3, -0.25) is 0 Å². The van der Waals surface area contributed by atoms with Gasteiger partial charge in [-0.1, -0.05) is 0 Å². The van der Waals surface area contributed by atoms with Crippen molar-refractivity contribution in [2.75, 3.05) is 0 Å². The number of nitrogens with zero attached hydrogens (tertiary/aromatic N) is 4. The van der Waals surface area contributed by atoms with Gasteiger partial charge in [-0.05, 0) is 0 Å². The first-order valence-corrected chi connectivity index (χ1v) is 5.36. The number of fused-ring (bicyclic) bond motifs is 1. The Morgan fingerprint density at radius 1 is 1.38 bits per heavy atom. The van der Waals surface area contributed by atoms with Crippen molar-refractivity contribution in [1.29, 1.82) is 0 Å². The fraction of sp³-hybridized carbons (Fsp3) is 0. The summed E-state index contributed by atoms with van der Waals surface area (Å²) in [5.41, 5.74) is 0.540. The van der Waals surface area contributed by atoms with Gasteiger partial charge >= 0.3 is 0 Å². The van der Waals surface area contributed by atoms with Crippen LogP contribution >= 0.6 is 10.7 Å². The molecule has 1 N–H and O–H groups in total. The predicted octanol–water partition coefficient (Wildman–Crippen LogP) is -0.325. The van der Waals surface area contributed by atoms with Crippen LogP contribution in [0.25, 0.3) is 11.2 Å². The van der Waals surface area contributed by atoms with Gasteiger partial charge in [0.05, 0.1) is 6.20 Å². The molecule has 2 aromatic heterocycles. The van der Waals surface area contributed by atoms with Crippen molar-refractivity contribution in [2.24, 2.45) is 0 Å². The average molecular weight is 220 g/mol. The van der Waals surface area contributed by atoms with Gasteiger partial charge in [-0.15, -0.1) is 5.10 Å². The molecule has 13 heavy (non-hydrogen) atoms. The van der Waals surface area contributed by atoms with Gasteiger partial charge in [0.25, 0.3) is 14.2 Å². The van der Waals surface area contributed by atoms with Crippen LogP contribution in [0.2, 0.25) is 0 Å². The third kappa shape index (κ3) is 1.45. The summed E-state index contributed by atoms with van der Waals surface area (Å²) < 4.78 is 21.6. The molecule has 0 amide bonds. The zero-order chi connectivity index (χ0) is 9.47. The highest BCUT2D eigenvalue weighted by Crippen LogP contribution is 2.10. The highest BCUT2D eigenvalue weighted by Gasteiger charge is 2.15. The molecule has 0 unspecified atom stereocenters. The van der Waals surface area contributed by atoms with Gasteiger partial charge in [0.2, 0.25) is 5.65 Å². The molecule has 0 atom stereocenters. The van der Waals surface area contributed by atoms with Gasteiger partial charge in [-0.2, -0.15) is 15.3 Å². The van der Waals surface area contributed by atoms with Crippen LogP contribution in [0.3, 0.4) is 0 Å². The summed E-state index contributed by atoms with van der Waals surface area (Å²) in [6.45, 7) is 0. The molecule has 0 spiro atoms. The number of rotatable bonds is 1. The molecule has 68 valence electrons. The number of hydrogen-bond acceptors (Lipinski definition) is 6. The van der Waals surface area contributed by atoms with Crippen LogP contribution in [0.5, 0.6) is 0 Å². The highest BCUT2D eigenvalue weighted by molar-refractivity contribution is 8.13. The molecule has 0 bridgehead atoms. The number of nitrogens with one attached hydrogen (secondary N) is 1. The van der Waals surface area contributed by atoms with E-state index in [1.807, 2.05) is 0 Å². The first-order chi connectivity index (χ1) is 6.07. The van der Waals surface area contributed by atoms with E-state index in [1.165, 1.54) is 6.20 Å². The molecule has 0 saturated heterocycles. The normalized spacial score (nSPS) is 12.1. The van der Waals surface area contributed by atoms with Crippen molar-refractivity contribution >= 4 is 30.9 Å². The van der Waals surface area contributed by atoms with Gasteiger partial charge in [-0.25, -0.2) is 13.4 Å². The number of hydrogen-bond donors (Lipinski definition) is 1. The van der Waals surface area contributed by atoms with Crippen molar-refractivity contribution in [2.45, 2.75) is 5.16 Å². The molecule has 2 aromatic rings. The van der Waals surface area contributed by atoms with E-state index in [0.29, 0.717) is 5.52 Å². The zero-order valence-electron chi connectivity index (χ0n) is 5.97. The van der Waals surface area contributed by atoms with E-state index in [9.17, 15) is 8.42 Å².